The van der Waals surface area contributed by atoms with Gasteiger partial charge in [-0.05, 0) is 6.07 Å². The molecule has 0 saturated heterocycles. The molecule has 1 aromatic heterocycles. The predicted octanol–water partition coefficient (Wildman–Crippen LogP) is 0.249. The predicted molar refractivity (Wildman–Crippen MR) is 45.0 cm³/mol. The molecule has 0 aliphatic rings. The smallest absolute Gasteiger partial charge is 0.281 e. The third-order valence-corrected chi connectivity index (χ3v) is 2.47. The molecule has 1 aromatic rings. The molecule has 4 N–H and O–H groups in total. The molecule has 0 aliphatic carbocycles. The number of primary sulfonamides is 1. The van der Waals surface area contributed by atoms with Gasteiger partial charge in [-0.25, -0.2) is 22.3 Å². The Kier molecular flexibility index (Phi) is 2.67. The zero-order valence-corrected chi connectivity index (χ0v) is 7.63. The summed E-state index contributed by atoms with van der Waals surface area (Å²) in [7, 11) is -4.28. The molecule has 0 amide bonds. The quantitative estimate of drug-likeness (QED) is 0.750. The van der Waals surface area contributed by atoms with Crippen LogP contribution >= 0.6 is 0 Å². The van der Waals surface area contributed by atoms with E-state index in [1.54, 1.807) is 0 Å². The Balaban J connectivity index is 3.54. The number of alkyl halides is 2. The van der Waals surface area contributed by atoms with E-state index in [0.717, 1.165) is 12.3 Å². The first-order valence-corrected chi connectivity index (χ1v) is 4.94. The van der Waals surface area contributed by atoms with Crippen molar-refractivity contribution in [3.63, 3.8) is 0 Å². The van der Waals surface area contributed by atoms with Crippen molar-refractivity contribution >= 4 is 15.7 Å². The van der Waals surface area contributed by atoms with Crippen molar-refractivity contribution in [2.24, 2.45) is 5.14 Å². The van der Waals surface area contributed by atoms with E-state index in [-0.39, 0.29) is 5.69 Å². The normalized spacial score (nSPS) is 12.0. The molecular formula is C6H7F2N3O2S. The number of hydrogen-bond donors (Lipinski definition) is 2. The fraction of sp³-hybridized carbons (Fsp3) is 0.167. The van der Waals surface area contributed by atoms with Crippen molar-refractivity contribution in [2.75, 3.05) is 5.73 Å². The molecule has 1 heterocycles. The highest BCUT2D eigenvalue weighted by Gasteiger charge is 2.24. The van der Waals surface area contributed by atoms with Gasteiger partial charge in [0.25, 0.3) is 6.43 Å². The lowest BCUT2D eigenvalue weighted by Crippen LogP contribution is -2.17. The Morgan fingerprint density at radius 3 is 2.36 bits per heavy atom. The van der Waals surface area contributed by atoms with Crippen molar-refractivity contribution in [1.82, 2.24) is 4.98 Å². The van der Waals surface area contributed by atoms with Crippen LogP contribution in [0.5, 0.6) is 0 Å². The molecule has 0 radical (unpaired) electrons. The maximum Gasteiger partial charge on any atom is 0.281 e. The van der Waals surface area contributed by atoms with Crippen LogP contribution in [0.2, 0.25) is 0 Å². The first-order chi connectivity index (χ1) is 6.34. The molecule has 0 bridgehead atoms. The van der Waals surface area contributed by atoms with Gasteiger partial charge in [0.05, 0.1) is 5.69 Å². The summed E-state index contributed by atoms with van der Waals surface area (Å²) in [5.41, 5.74) is 3.95. The molecule has 0 aromatic carbocycles. The van der Waals surface area contributed by atoms with Crippen LogP contribution in [0.4, 0.5) is 14.5 Å². The van der Waals surface area contributed by atoms with Gasteiger partial charge < -0.3 is 5.73 Å². The summed E-state index contributed by atoms with van der Waals surface area (Å²) in [6.45, 7) is 0. The topological polar surface area (TPSA) is 99.1 Å². The second-order valence-corrected chi connectivity index (χ2v) is 3.96. The summed E-state index contributed by atoms with van der Waals surface area (Å²) in [6, 6.07) is 1.09. The number of pyridine rings is 1. The summed E-state index contributed by atoms with van der Waals surface area (Å²) < 4.78 is 46.4. The zero-order valence-electron chi connectivity index (χ0n) is 6.81. The largest absolute Gasteiger partial charge is 0.398 e. The van der Waals surface area contributed by atoms with Gasteiger partial charge in [0.1, 0.15) is 10.6 Å². The zero-order chi connectivity index (χ0) is 10.9. The Morgan fingerprint density at radius 1 is 1.43 bits per heavy atom. The van der Waals surface area contributed by atoms with E-state index in [2.05, 4.69) is 4.98 Å². The van der Waals surface area contributed by atoms with Crippen LogP contribution in [0, 0.1) is 0 Å². The number of nitrogens with two attached hydrogens (primary N) is 2. The van der Waals surface area contributed by atoms with E-state index in [1.807, 2.05) is 0 Å². The number of hydrogen-bond acceptors (Lipinski definition) is 4. The summed E-state index contributed by atoms with van der Waals surface area (Å²) in [5, 5.41) is 4.72. The second kappa shape index (κ2) is 3.46. The standard InChI is InChI=1S/C6H7F2N3O2S/c7-6(8)4-5(14(10,12)13)3(9)1-2-11-4/h1-2,6H,(H2,9,11)(H2,10,12,13). The van der Waals surface area contributed by atoms with Gasteiger partial charge in [-0.15, -0.1) is 0 Å². The number of aromatic nitrogens is 1. The third kappa shape index (κ3) is 1.96. The molecule has 1 rings (SSSR count). The molecule has 0 spiro atoms. The molecule has 78 valence electrons. The van der Waals surface area contributed by atoms with Crippen LogP contribution < -0.4 is 10.9 Å². The minimum atomic E-state index is -4.28. The van der Waals surface area contributed by atoms with E-state index in [9.17, 15) is 17.2 Å². The average Bonchev–Trinajstić information content (AvgIpc) is 2.01. The van der Waals surface area contributed by atoms with Gasteiger partial charge in [-0.2, -0.15) is 0 Å². The second-order valence-electron chi connectivity index (χ2n) is 2.46. The maximum atomic E-state index is 12.3. The van der Waals surface area contributed by atoms with Crippen LogP contribution in [0.3, 0.4) is 0 Å². The highest BCUT2D eigenvalue weighted by atomic mass is 32.2. The lowest BCUT2D eigenvalue weighted by atomic mass is 10.3. The Labute approximate surface area is 78.8 Å². The number of nitrogens with zero attached hydrogens (tertiary/aromatic N) is 1. The number of rotatable bonds is 2. The summed E-state index contributed by atoms with van der Waals surface area (Å²) in [5.74, 6) is 0. The molecule has 8 heteroatoms. The Morgan fingerprint density at radius 2 is 2.00 bits per heavy atom. The van der Waals surface area contributed by atoms with E-state index in [4.69, 9.17) is 10.9 Å². The van der Waals surface area contributed by atoms with Gasteiger partial charge >= 0.3 is 0 Å². The first kappa shape index (κ1) is 10.8. The average molecular weight is 223 g/mol. The van der Waals surface area contributed by atoms with E-state index in [1.165, 1.54) is 0 Å². The fourth-order valence-electron chi connectivity index (χ4n) is 0.946. The SMILES string of the molecule is Nc1ccnc(C(F)F)c1S(N)(=O)=O. The van der Waals surface area contributed by atoms with Crippen LogP contribution in [0.25, 0.3) is 0 Å². The molecule has 5 nitrogen and oxygen atoms in total. The van der Waals surface area contributed by atoms with Crippen molar-refractivity contribution in [1.29, 1.82) is 0 Å². The van der Waals surface area contributed by atoms with Crippen LogP contribution in [-0.4, -0.2) is 13.4 Å². The number of halogens is 2. The van der Waals surface area contributed by atoms with Gasteiger partial charge in [0, 0.05) is 6.20 Å². The van der Waals surface area contributed by atoms with Gasteiger partial charge in [0.15, 0.2) is 0 Å². The Bertz CT molecular complexity index is 446. The summed E-state index contributed by atoms with van der Waals surface area (Å²) >= 11 is 0. The highest BCUT2D eigenvalue weighted by molar-refractivity contribution is 7.89. The maximum absolute atomic E-state index is 12.3. The van der Waals surface area contributed by atoms with Gasteiger partial charge in [-0.1, -0.05) is 0 Å². The van der Waals surface area contributed by atoms with Crippen molar-refractivity contribution in [3.8, 4) is 0 Å². The van der Waals surface area contributed by atoms with Gasteiger partial charge in [-0.3, -0.25) is 4.98 Å². The molecule has 0 fully saturated rings. The number of nitrogen functional groups attached to an aromatic ring is 1. The Hall–Kier alpha value is -1.28. The lowest BCUT2D eigenvalue weighted by molar-refractivity contribution is 0.142. The summed E-state index contributed by atoms with van der Waals surface area (Å²) in [6.07, 6.45) is -2.04. The molecule has 0 unspecified atom stereocenters. The van der Waals surface area contributed by atoms with Crippen LogP contribution in [-0.2, 0) is 10.0 Å². The number of anilines is 1. The number of sulfonamides is 1. The minimum absolute atomic E-state index is 0.335. The minimum Gasteiger partial charge on any atom is -0.398 e. The van der Waals surface area contributed by atoms with E-state index >= 15 is 0 Å². The molecular weight excluding hydrogens is 216 g/mol. The van der Waals surface area contributed by atoms with Crippen LogP contribution in [0.15, 0.2) is 17.2 Å². The summed E-state index contributed by atoms with van der Waals surface area (Å²) in [4.78, 5) is 2.41. The van der Waals surface area contributed by atoms with Crippen molar-refractivity contribution in [2.45, 2.75) is 11.3 Å². The molecule has 0 saturated carbocycles. The fourth-order valence-corrected chi connectivity index (χ4v) is 1.78. The first-order valence-electron chi connectivity index (χ1n) is 3.39. The van der Waals surface area contributed by atoms with E-state index in [0.29, 0.717) is 0 Å². The van der Waals surface area contributed by atoms with Crippen molar-refractivity contribution < 1.29 is 17.2 Å². The third-order valence-electron chi connectivity index (χ3n) is 1.45. The molecule has 0 aliphatic heterocycles. The van der Waals surface area contributed by atoms with Crippen LogP contribution in [0.1, 0.15) is 12.1 Å². The lowest BCUT2D eigenvalue weighted by Gasteiger charge is -2.07. The molecule has 14 heavy (non-hydrogen) atoms. The van der Waals surface area contributed by atoms with E-state index < -0.39 is 27.0 Å². The highest BCUT2D eigenvalue weighted by Crippen LogP contribution is 2.27. The van der Waals surface area contributed by atoms with Crippen molar-refractivity contribution in [3.05, 3.63) is 18.0 Å². The molecule has 0 atom stereocenters. The monoisotopic (exact) mass is 223 g/mol. The van der Waals surface area contributed by atoms with Gasteiger partial charge in [0.2, 0.25) is 10.0 Å².